The molecule has 1 aliphatic carbocycles. The van der Waals surface area contributed by atoms with E-state index in [4.69, 9.17) is 5.73 Å². The van der Waals surface area contributed by atoms with Crippen LogP contribution in [0.1, 0.15) is 18.9 Å². The van der Waals surface area contributed by atoms with Gasteiger partial charge in [-0.25, -0.2) is 0 Å². The van der Waals surface area contributed by atoms with Crippen molar-refractivity contribution in [1.82, 2.24) is 0 Å². The Kier molecular flexibility index (Phi) is 2.87. The average molecular weight is 275 g/mol. The minimum Gasteiger partial charge on any atom is -0.481 e. The topological polar surface area (TPSA) is 72.5 Å². The van der Waals surface area contributed by atoms with Gasteiger partial charge in [0.25, 0.3) is 0 Å². The lowest BCUT2D eigenvalue weighted by Gasteiger charge is -2.18. The molecule has 3 N–H and O–H groups in total. The molecule has 0 saturated heterocycles. The molecule has 1 fully saturated rings. The zero-order chi connectivity index (χ0) is 14.4. The monoisotopic (exact) mass is 275 g/mol. The van der Waals surface area contributed by atoms with Crippen molar-refractivity contribution in [3.8, 4) is 5.75 Å². The molecule has 0 amide bonds. The minimum atomic E-state index is -4.86. The van der Waals surface area contributed by atoms with Crippen molar-refractivity contribution in [1.29, 1.82) is 0 Å². The first-order chi connectivity index (χ1) is 8.68. The molecule has 1 aromatic rings. The van der Waals surface area contributed by atoms with Crippen LogP contribution in [0.25, 0.3) is 0 Å². The quantitative estimate of drug-likeness (QED) is 0.831. The van der Waals surface area contributed by atoms with Crippen LogP contribution in [-0.2, 0) is 10.2 Å². The van der Waals surface area contributed by atoms with Gasteiger partial charge in [0.2, 0.25) is 0 Å². The zero-order valence-electron chi connectivity index (χ0n) is 9.99. The van der Waals surface area contributed by atoms with E-state index in [-0.39, 0.29) is 17.2 Å². The van der Waals surface area contributed by atoms with Gasteiger partial charge >= 0.3 is 12.3 Å². The SMILES string of the molecule is CC1CC1(C(=O)O)c1cccc(OC(F)(F)F)c1N. The summed E-state index contributed by atoms with van der Waals surface area (Å²) in [6.07, 6.45) is -4.51. The fourth-order valence-electron chi connectivity index (χ4n) is 2.36. The average Bonchev–Trinajstić information content (AvgIpc) is 2.93. The number of ether oxygens (including phenoxy) is 1. The van der Waals surface area contributed by atoms with Crippen LogP contribution in [0.2, 0.25) is 0 Å². The largest absolute Gasteiger partial charge is 0.573 e. The van der Waals surface area contributed by atoms with Crippen molar-refractivity contribution >= 4 is 11.7 Å². The molecule has 1 aliphatic rings. The number of anilines is 1. The van der Waals surface area contributed by atoms with Crippen LogP contribution in [0.5, 0.6) is 5.75 Å². The standard InChI is InChI=1S/C12H12F3NO3/c1-6-5-11(6,10(17)18)7-3-2-4-8(9(7)16)19-12(13,14)15/h2-4,6H,5,16H2,1H3,(H,17,18). The predicted molar refractivity (Wildman–Crippen MR) is 60.6 cm³/mol. The molecular weight excluding hydrogens is 263 g/mol. The van der Waals surface area contributed by atoms with Crippen LogP contribution in [0.15, 0.2) is 18.2 Å². The highest BCUT2D eigenvalue weighted by Gasteiger charge is 2.60. The molecule has 4 nitrogen and oxygen atoms in total. The Labute approximate surface area is 107 Å². The second-order valence-electron chi connectivity index (χ2n) is 4.65. The van der Waals surface area contributed by atoms with Gasteiger partial charge in [0.05, 0.1) is 11.1 Å². The summed E-state index contributed by atoms with van der Waals surface area (Å²) >= 11 is 0. The molecule has 7 heteroatoms. The van der Waals surface area contributed by atoms with E-state index in [1.54, 1.807) is 6.92 Å². The number of rotatable bonds is 3. The first kappa shape index (κ1) is 13.5. The lowest BCUT2D eigenvalue weighted by Crippen LogP contribution is -2.24. The van der Waals surface area contributed by atoms with Crippen LogP contribution in [0.3, 0.4) is 0 Å². The molecule has 1 aromatic carbocycles. The summed E-state index contributed by atoms with van der Waals surface area (Å²) in [6.45, 7) is 1.71. The van der Waals surface area contributed by atoms with Crippen LogP contribution < -0.4 is 10.5 Å². The van der Waals surface area contributed by atoms with E-state index >= 15 is 0 Å². The lowest BCUT2D eigenvalue weighted by molar-refractivity contribution is -0.274. The summed E-state index contributed by atoms with van der Waals surface area (Å²) in [5.41, 5.74) is 4.33. The molecule has 2 rings (SSSR count). The van der Waals surface area contributed by atoms with Crippen LogP contribution in [-0.4, -0.2) is 17.4 Å². The zero-order valence-corrected chi connectivity index (χ0v) is 9.99. The lowest BCUT2D eigenvalue weighted by atomic mass is 9.92. The van der Waals surface area contributed by atoms with Crippen LogP contribution in [0.4, 0.5) is 18.9 Å². The van der Waals surface area contributed by atoms with Gasteiger partial charge in [-0.3, -0.25) is 4.79 Å². The molecule has 0 heterocycles. The summed E-state index contributed by atoms with van der Waals surface area (Å²) in [5, 5.41) is 9.26. The molecule has 0 bridgehead atoms. The molecule has 0 aliphatic heterocycles. The van der Waals surface area contributed by atoms with Crippen LogP contribution in [0, 0.1) is 5.92 Å². The number of nitrogens with two attached hydrogens (primary N) is 1. The Hall–Kier alpha value is -1.92. The maximum absolute atomic E-state index is 12.2. The molecular formula is C12H12F3NO3. The number of nitrogen functional groups attached to an aromatic ring is 1. The van der Waals surface area contributed by atoms with Gasteiger partial charge in [-0.1, -0.05) is 19.1 Å². The number of carboxylic acid groups (broad SMARTS) is 1. The minimum absolute atomic E-state index is 0.173. The highest BCUT2D eigenvalue weighted by molar-refractivity contribution is 5.88. The normalized spacial score (nSPS) is 26.0. The smallest absolute Gasteiger partial charge is 0.481 e. The summed E-state index contributed by atoms with van der Waals surface area (Å²) in [6, 6.07) is 3.80. The van der Waals surface area contributed by atoms with E-state index in [1.165, 1.54) is 12.1 Å². The predicted octanol–water partition coefficient (Wildman–Crippen LogP) is 2.53. The maximum atomic E-state index is 12.2. The fourth-order valence-corrected chi connectivity index (χ4v) is 2.36. The van der Waals surface area contributed by atoms with Crippen LogP contribution >= 0.6 is 0 Å². The Morgan fingerprint density at radius 2 is 2.11 bits per heavy atom. The second kappa shape index (κ2) is 4.04. The van der Waals surface area contributed by atoms with E-state index in [1.807, 2.05) is 0 Å². The third-order valence-electron chi connectivity index (χ3n) is 3.46. The summed E-state index contributed by atoms with van der Waals surface area (Å²) in [7, 11) is 0. The van der Waals surface area contributed by atoms with Crippen molar-refractivity contribution in [2.24, 2.45) is 5.92 Å². The Bertz CT molecular complexity index is 529. The number of alkyl halides is 3. The van der Waals surface area contributed by atoms with Gasteiger partial charge in [0, 0.05) is 0 Å². The number of carboxylic acids is 1. The number of halogens is 3. The van der Waals surface area contributed by atoms with Gasteiger partial charge in [-0.2, -0.15) is 0 Å². The number of benzene rings is 1. The molecule has 0 radical (unpaired) electrons. The molecule has 0 aromatic heterocycles. The maximum Gasteiger partial charge on any atom is 0.573 e. The van der Waals surface area contributed by atoms with Crippen molar-refractivity contribution in [3.05, 3.63) is 23.8 Å². The van der Waals surface area contributed by atoms with E-state index in [0.29, 0.717) is 6.42 Å². The fraction of sp³-hybridized carbons (Fsp3) is 0.417. The Morgan fingerprint density at radius 1 is 1.53 bits per heavy atom. The molecule has 104 valence electrons. The van der Waals surface area contributed by atoms with E-state index in [9.17, 15) is 23.1 Å². The van der Waals surface area contributed by atoms with E-state index in [0.717, 1.165) is 6.07 Å². The van der Waals surface area contributed by atoms with Crippen molar-refractivity contribution in [3.63, 3.8) is 0 Å². The number of aliphatic carboxylic acids is 1. The molecule has 1 saturated carbocycles. The molecule has 2 atom stereocenters. The highest BCUT2D eigenvalue weighted by Crippen LogP contribution is 2.56. The van der Waals surface area contributed by atoms with E-state index < -0.39 is 23.5 Å². The van der Waals surface area contributed by atoms with Gasteiger partial charge in [-0.15, -0.1) is 13.2 Å². The van der Waals surface area contributed by atoms with Gasteiger partial charge in [0.15, 0.2) is 5.75 Å². The molecule has 2 unspecified atom stereocenters. The van der Waals surface area contributed by atoms with Gasteiger partial charge in [0.1, 0.15) is 0 Å². The second-order valence-corrected chi connectivity index (χ2v) is 4.65. The Morgan fingerprint density at radius 3 is 2.53 bits per heavy atom. The summed E-state index contributed by atoms with van der Waals surface area (Å²) < 4.78 is 40.4. The number of carbonyl (C=O) groups is 1. The van der Waals surface area contributed by atoms with Gasteiger partial charge < -0.3 is 15.6 Å². The summed E-state index contributed by atoms with van der Waals surface area (Å²) in [5.74, 6) is -1.82. The van der Waals surface area contributed by atoms with Crippen molar-refractivity contribution in [2.45, 2.75) is 25.1 Å². The molecule has 19 heavy (non-hydrogen) atoms. The van der Waals surface area contributed by atoms with Crippen molar-refractivity contribution in [2.75, 3.05) is 5.73 Å². The number of para-hydroxylation sites is 1. The first-order valence-electron chi connectivity index (χ1n) is 5.56. The molecule has 0 spiro atoms. The van der Waals surface area contributed by atoms with Crippen molar-refractivity contribution < 1.29 is 27.8 Å². The third kappa shape index (κ3) is 2.20. The van der Waals surface area contributed by atoms with Gasteiger partial charge in [-0.05, 0) is 24.0 Å². The summed E-state index contributed by atoms with van der Waals surface area (Å²) in [4.78, 5) is 11.3. The third-order valence-corrected chi connectivity index (χ3v) is 3.46. The first-order valence-corrected chi connectivity index (χ1v) is 5.56. The number of hydrogen-bond acceptors (Lipinski definition) is 3. The highest BCUT2D eigenvalue weighted by atomic mass is 19.4. The van der Waals surface area contributed by atoms with E-state index in [2.05, 4.69) is 4.74 Å². The number of hydrogen-bond donors (Lipinski definition) is 2. The Balaban J connectivity index is 2.44.